The van der Waals surface area contributed by atoms with E-state index in [1.807, 2.05) is 54.6 Å². The molecule has 3 aromatic rings. The number of rotatable bonds is 5. The van der Waals surface area contributed by atoms with Crippen molar-refractivity contribution in [1.82, 2.24) is 10.3 Å². The van der Waals surface area contributed by atoms with Crippen molar-refractivity contribution in [2.24, 2.45) is 0 Å². The number of para-hydroxylation sites is 1. The molecular formula is C20H18N2O3. The van der Waals surface area contributed by atoms with Crippen molar-refractivity contribution < 1.29 is 9.53 Å². The van der Waals surface area contributed by atoms with E-state index in [4.69, 9.17) is 4.74 Å². The van der Waals surface area contributed by atoms with Gasteiger partial charge in [-0.25, -0.2) is 0 Å². The van der Waals surface area contributed by atoms with Crippen LogP contribution in [0, 0.1) is 0 Å². The molecule has 0 bridgehead atoms. The summed E-state index contributed by atoms with van der Waals surface area (Å²) < 4.78 is 5.28. The number of nitrogens with one attached hydrogen (secondary N) is 2. The van der Waals surface area contributed by atoms with Gasteiger partial charge in [0.15, 0.2) is 0 Å². The Morgan fingerprint density at radius 2 is 1.76 bits per heavy atom. The van der Waals surface area contributed by atoms with Crippen LogP contribution in [-0.4, -0.2) is 18.0 Å². The summed E-state index contributed by atoms with van der Waals surface area (Å²) in [7, 11) is 1.58. The van der Waals surface area contributed by atoms with Gasteiger partial charge in [-0.2, -0.15) is 0 Å². The Morgan fingerprint density at radius 1 is 1.04 bits per heavy atom. The minimum atomic E-state index is -0.424. The first-order valence-corrected chi connectivity index (χ1v) is 7.88. The van der Waals surface area contributed by atoms with Crippen LogP contribution in [0.4, 0.5) is 0 Å². The molecule has 1 heterocycles. The van der Waals surface area contributed by atoms with Crippen molar-refractivity contribution in [3.63, 3.8) is 0 Å². The normalized spacial score (nSPS) is 10.3. The largest absolute Gasteiger partial charge is 0.496 e. The van der Waals surface area contributed by atoms with Crippen LogP contribution in [0.3, 0.4) is 0 Å². The predicted octanol–water partition coefficient (Wildman–Crippen LogP) is 2.98. The van der Waals surface area contributed by atoms with E-state index in [2.05, 4.69) is 10.3 Å². The molecule has 0 atom stereocenters. The third kappa shape index (κ3) is 3.61. The lowest BCUT2D eigenvalue weighted by atomic mass is 10.0. The van der Waals surface area contributed by atoms with Crippen LogP contribution < -0.4 is 15.6 Å². The van der Waals surface area contributed by atoms with E-state index in [0.29, 0.717) is 11.3 Å². The molecule has 0 aliphatic rings. The average molecular weight is 334 g/mol. The molecule has 0 fully saturated rings. The zero-order valence-electron chi connectivity index (χ0n) is 13.8. The highest BCUT2D eigenvalue weighted by molar-refractivity contribution is 6.00. The SMILES string of the molecule is COc1ccccc1CNC(=O)c1c(-c2ccccc2)cc[nH]c1=O. The third-order valence-electron chi connectivity index (χ3n) is 3.90. The van der Waals surface area contributed by atoms with Gasteiger partial charge in [-0.1, -0.05) is 48.5 Å². The van der Waals surface area contributed by atoms with E-state index in [-0.39, 0.29) is 12.1 Å². The molecule has 0 spiro atoms. The summed E-state index contributed by atoms with van der Waals surface area (Å²) in [6, 6.07) is 18.5. The fraction of sp³-hybridized carbons (Fsp3) is 0.100. The molecule has 0 aliphatic heterocycles. The molecule has 0 unspecified atom stereocenters. The highest BCUT2D eigenvalue weighted by atomic mass is 16.5. The summed E-state index contributed by atoms with van der Waals surface area (Å²) in [5.74, 6) is 0.264. The zero-order valence-corrected chi connectivity index (χ0v) is 13.8. The van der Waals surface area contributed by atoms with Crippen molar-refractivity contribution in [2.75, 3.05) is 7.11 Å². The number of hydrogen-bond donors (Lipinski definition) is 2. The molecular weight excluding hydrogens is 316 g/mol. The highest BCUT2D eigenvalue weighted by Gasteiger charge is 2.17. The summed E-state index contributed by atoms with van der Waals surface area (Å²) in [6.07, 6.45) is 1.54. The molecule has 0 saturated carbocycles. The van der Waals surface area contributed by atoms with Crippen molar-refractivity contribution in [2.45, 2.75) is 6.54 Å². The number of carbonyl (C=O) groups is 1. The summed E-state index contributed by atoms with van der Waals surface area (Å²) in [4.78, 5) is 27.5. The maximum absolute atomic E-state index is 12.7. The Balaban J connectivity index is 1.89. The number of benzene rings is 2. The standard InChI is InChI=1S/C20H18N2O3/c1-25-17-10-6-5-9-15(17)13-22-20(24)18-16(11-12-21-19(18)23)14-7-3-2-4-8-14/h2-12H,13H2,1H3,(H,21,23)(H,22,24). The summed E-state index contributed by atoms with van der Waals surface area (Å²) in [6.45, 7) is 0.269. The Kier molecular flexibility index (Phi) is 4.95. The monoisotopic (exact) mass is 334 g/mol. The van der Waals surface area contributed by atoms with E-state index >= 15 is 0 Å². The van der Waals surface area contributed by atoms with Crippen LogP contribution in [0.1, 0.15) is 15.9 Å². The number of methoxy groups -OCH3 is 1. The second-order valence-electron chi connectivity index (χ2n) is 5.46. The van der Waals surface area contributed by atoms with E-state index in [1.54, 1.807) is 19.4 Å². The maximum Gasteiger partial charge on any atom is 0.261 e. The first-order chi connectivity index (χ1) is 12.2. The average Bonchev–Trinajstić information content (AvgIpc) is 2.66. The van der Waals surface area contributed by atoms with Gasteiger partial charge in [0.1, 0.15) is 11.3 Å². The van der Waals surface area contributed by atoms with Crippen LogP contribution in [0.5, 0.6) is 5.75 Å². The van der Waals surface area contributed by atoms with Crippen molar-refractivity contribution >= 4 is 5.91 Å². The van der Waals surface area contributed by atoms with Crippen molar-refractivity contribution in [3.8, 4) is 16.9 Å². The minimum absolute atomic E-state index is 0.101. The number of amides is 1. The van der Waals surface area contributed by atoms with E-state index in [9.17, 15) is 9.59 Å². The van der Waals surface area contributed by atoms with Crippen molar-refractivity contribution in [3.05, 3.63) is 88.3 Å². The smallest absolute Gasteiger partial charge is 0.261 e. The Bertz CT molecular complexity index is 933. The molecule has 126 valence electrons. The topological polar surface area (TPSA) is 71.2 Å². The predicted molar refractivity (Wildman–Crippen MR) is 96.7 cm³/mol. The number of pyridine rings is 1. The number of hydrogen-bond acceptors (Lipinski definition) is 3. The quantitative estimate of drug-likeness (QED) is 0.753. The molecule has 3 rings (SSSR count). The van der Waals surface area contributed by atoms with Gasteiger partial charge in [0.2, 0.25) is 0 Å². The van der Waals surface area contributed by atoms with Gasteiger partial charge < -0.3 is 15.0 Å². The molecule has 0 aliphatic carbocycles. The van der Waals surface area contributed by atoms with E-state index in [1.165, 1.54) is 0 Å². The molecule has 5 heteroatoms. The molecule has 5 nitrogen and oxygen atoms in total. The number of aromatic nitrogens is 1. The molecule has 2 N–H and O–H groups in total. The van der Waals surface area contributed by atoms with Crippen LogP contribution >= 0.6 is 0 Å². The molecule has 25 heavy (non-hydrogen) atoms. The first-order valence-electron chi connectivity index (χ1n) is 7.88. The highest BCUT2D eigenvalue weighted by Crippen LogP contribution is 2.21. The lowest BCUT2D eigenvalue weighted by molar-refractivity contribution is 0.0950. The van der Waals surface area contributed by atoms with Crippen LogP contribution in [0.15, 0.2) is 71.7 Å². The van der Waals surface area contributed by atoms with Gasteiger partial charge in [0.05, 0.1) is 7.11 Å². The second kappa shape index (κ2) is 7.49. The fourth-order valence-electron chi connectivity index (χ4n) is 2.68. The first kappa shape index (κ1) is 16.5. The van der Waals surface area contributed by atoms with E-state index in [0.717, 1.165) is 11.1 Å². The lowest BCUT2D eigenvalue weighted by Crippen LogP contribution is -2.30. The van der Waals surface area contributed by atoms with Gasteiger partial charge in [-0.15, -0.1) is 0 Å². The van der Waals surface area contributed by atoms with Gasteiger partial charge in [0.25, 0.3) is 11.5 Å². The number of H-pyrrole nitrogens is 1. The molecule has 0 saturated heterocycles. The summed E-state index contributed by atoms with van der Waals surface area (Å²) in [5, 5.41) is 2.80. The molecule has 0 radical (unpaired) electrons. The van der Waals surface area contributed by atoms with Crippen LogP contribution in [0.25, 0.3) is 11.1 Å². The summed E-state index contributed by atoms with van der Waals surface area (Å²) >= 11 is 0. The third-order valence-corrected chi connectivity index (χ3v) is 3.90. The van der Waals surface area contributed by atoms with Crippen LogP contribution in [-0.2, 0) is 6.54 Å². The lowest BCUT2D eigenvalue weighted by Gasteiger charge is -2.11. The fourth-order valence-corrected chi connectivity index (χ4v) is 2.68. The second-order valence-corrected chi connectivity index (χ2v) is 5.46. The van der Waals surface area contributed by atoms with Crippen LogP contribution in [0.2, 0.25) is 0 Å². The Hall–Kier alpha value is -3.34. The minimum Gasteiger partial charge on any atom is -0.496 e. The van der Waals surface area contributed by atoms with Gasteiger partial charge >= 0.3 is 0 Å². The number of aromatic amines is 1. The number of ether oxygens (including phenoxy) is 1. The number of carbonyl (C=O) groups excluding carboxylic acids is 1. The molecule has 1 aromatic heterocycles. The molecule has 1 amide bonds. The van der Waals surface area contributed by atoms with Gasteiger partial charge in [0, 0.05) is 23.9 Å². The summed E-state index contributed by atoms with van der Waals surface area (Å²) in [5.41, 5.74) is 1.94. The zero-order chi connectivity index (χ0) is 17.6. The maximum atomic E-state index is 12.7. The Labute approximate surface area is 145 Å². The van der Waals surface area contributed by atoms with Gasteiger partial charge in [-0.3, -0.25) is 9.59 Å². The molecule has 2 aromatic carbocycles. The van der Waals surface area contributed by atoms with E-state index < -0.39 is 11.5 Å². The Morgan fingerprint density at radius 3 is 2.52 bits per heavy atom. The van der Waals surface area contributed by atoms with Gasteiger partial charge in [-0.05, 0) is 17.7 Å². The van der Waals surface area contributed by atoms with Crippen molar-refractivity contribution in [1.29, 1.82) is 0 Å².